The summed E-state index contributed by atoms with van der Waals surface area (Å²) < 4.78 is 32.8. The van der Waals surface area contributed by atoms with E-state index in [9.17, 15) is 18.0 Å². The molecule has 0 N–H and O–H groups in total. The monoisotopic (exact) mass is 335 g/mol. The van der Waals surface area contributed by atoms with Crippen molar-refractivity contribution in [3.05, 3.63) is 0 Å². The van der Waals surface area contributed by atoms with Crippen molar-refractivity contribution in [1.82, 2.24) is 4.90 Å². The van der Waals surface area contributed by atoms with E-state index in [1.165, 1.54) is 4.90 Å². The minimum absolute atomic E-state index is 0.0429. The lowest BCUT2D eigenvalue weighted by molar-refractivity contribution is -0.130. The highest BCUT2D eigenvalue weighted by Gasteiger charge is 2.34. The number of ketones is 1. The largest absolute Gasteiger partial charge is 0.444 e. The zero-order valence-corrected chi connectivity index (χ0v) is 14.4. The van der Waals surface area contributed by atoms with Crippen LogP contribution >= 0.6 is 0 Å². The Morgan fingerprint density at radius 1 is 1.32 bits per heavy atom. The van der Waals surface area contributed by atoms with Crippen molar-refractivity contribution >= 4 is 21.7 Å². The second-order valence-electron chi connectivity index (χ2n) is 6.46. The van der Waals surface area contributed by atoms with Gasteiger partial charge < -0.3 is 9.47 Å². The van der Waals surface area contributed by atoms with Gasteiger partial charge >= 0.3 is 6.09 Å². The topological polar surface area (TPSA) is 90.0 Å². The number of ether oxygens (including phenoxy) is 2. The van der Waals surface area contributed by atoms with Crippen LogP contribution in [0.3, 0.4) is 0 Å². The third kappa shape index (κ3) is 6.74. The molecule has 8 heteroatoms. The van der Waals surface area contributed by atoms with E-state index >= 15 is 0 Å². The first-order valence-electron chi connectivity index (χ1n) is 7.27. The summed E-state index contributed by atoms with van der Waals surface area (Å²) in [5.74, 6) is -0.243. The molecule has 0 spiro atoms. The predicted molar refractivity (Wildman–Crippen MR) is 81.5 cm³/mol. The van der Waals surface area contributed by atoms with Gasteiger partial charge in [-0.25, -0.2) is 13.2 Å². The Morgan fingerprint density at radius 2 is 1.95 bits per heavy atom. The van der Waals surface area contributed by atoms with Crippen LogP contribution in [-0.4, -0.2) is 68.6 Å². The van der Waals surface area contributed by atoms with E-state index in [4.69, 9.17) is 9.47 Å². The summed E-state index contributed by atoms with van der Waals surface area (Å²) in [6.45, 7) is 6.04. The number of amides is 1. The minimum atomic E-state index is -3.09. The Labute approximate surface area is 131 Å². The van der Waals surface area contributed by atoms with Crippen LogP contribution in [0.4, 0.5) is 4.79 Å². The number of carbonyl (C=O) groups is 2. The maximum atomic E-state index is 12.2. The van der Waals surface area contributed by atoms with E-state index in [2.05, 4.69) is 0 Å². The SMILES string of the molecule is CC(C)(C)OC(=O)N1CCOCC1C(=O)CCCS(C)(=O)=O. The van der Waals surface area contributed by atoms with Crippen molar-refractivity contribution < 1.29 is 27.5 Å². The molecule has 1 rings (SSSR count). The molecule has 0 aliphatic carbocycles. The van der Waals surface area contributed by atoms with Crippen LogP contribution < -0.4 is 0 Å². The molecule has 0 radical (unpaired) electrons. The highest BCUT2D eigenvalue weighted by Crippen LogP contribution is 2.16. The van der Waals surface area contributed by atoms with Crippen LogP contribution in [0.1, 0.15) is 33.6 Å². The van der Waals surface area contributed by atoms with Crippen molar-refractivity contribution in [3.63, 3.8) is 0 Å². The highest BCUT2D eigenvalue weighted by atomic mass is 32.2. The number of sulfone groups is 1. The molecule has 1 aliphatic heterocycles. The van der Waals surface area contributed by atoms with Gasteiger partial charge in [0.25, 0.3) is 0 Å². The quantitative estimate of drug-likeness (QED) is 0.745. The maximum absolute atomic E-state index is 12.2. The Kier molecular flexibility index (Phi) is 6.37. The highest BCUT2D eigenvalue weighted by molar-refractivity contribution is 7.90. The average molecular weight is 335 g/mol. The zero-order valence-electron chi connectivity index (χ0n) is 13.6. The second kappa shape index (κ2) is 7.41. The Morgan fingerprint density at radius 3 is 2.50 bits per heavy atom. The fourth-order valence-corrected chi connectivity index (χ4v) is 2.75. The normalized spacial score (nSPS) is 19.8. The van der Waals surface area contributed by atoms with E-state index in [-0.39, 0.29) is 37.5 Å². The van der Waals surface area contributed by atoms with Gasteiger partial charge in [-0.3, -0.25) is 9.69 Å². The number of Topliss-reactive ketones (excluding diaryl/α,β-unsaturated/α-hetero) is 1. The first-order chi connectivity index (χ1) is 9.99. The summed E-state index contributed by atoms with van der Waals surface area (Å²) in [4.78, 5) is 25.8. The number of rotatable bonds is 5. The molecule has 1 atom stereocenters. The lowest BCUT2D eigenvalue weighted by Gasteiger charge is -2.35. The molecular weight excluding hydrogens is 310 g/mol. The van der Waals surface area contributed by atoms with Crippen molar-refractivity contribution in [2.24, 2.45) is 0 Å². The fraction of sp³-hybridized carbons (Fsp3) is 0.857. The first-order valence-corrected chi connectivity index (χ1v) is 9.33. The van der Waals surface area contributed by atoms with Gasteiger partial charge in [-0.1, -0.05) is 0 Å². The number of hydrogen-bond acceptors (Lipinski definition) is 6. The summed E-state index contributed by atoms with van der Waals surface area (Å²) in [6, 6.07) is -0.705. The van der Waals surface area contributed by atoms with E-state index in [1.54, 1.807) is 20.8 Å². The van der Waals surface area contributed by atoms with Crippen molar-refractivity contribution in [2.75, 3.05) is 31.8 Å². The van der Waals surface area contributed by atoms with Crippen LogP contribution in [0, 0.1) is 0 Å². The Balaban J connectivity index is 2.64. The van der Waals surface area contributed by atoms with Gasteiger partial charge in [0, 0.05) is 19.2 Å². The summed E-state index contributed by atoms with van der Waals surface area (Å²) in [5, 5.41) is 0. The molecule has 1 unspecified atom stereocenters. The average Bonchev–Trinajstić information content (AvgIpc) is 2.35. The molecule has 1 saturated heterocycles. The van der Waals surface area contributed by atoms with Crippen molar-refractivity contribution in [1.29, 1.82) is 0 Å². The maximum Gasteiger partial charge on any atom is 0.411 e. The summed E-state index contributed by atoms with van der Waals surface area (Å²) in [5.41, 5.74) is -0.640. The number of hydrogen-bond donors (Lipinski definition) is 0. The molecule has 0 aromatic carbocycles. The summed E-state index contributed by atoms with van der Waals surface area (Å²) in [7, 11) is -3.09. The zero-order chi connectivity index (χ0) is 17.0. The molecule has 0 bridgehead atoms. The smallest absolute Gasteiger partial charge is 0.411 e. The molecule has 1 heterocycles. The number of nitrogens with zero attached hydrogens (tertiary/aromatic N) is 1. The van der Waals surface area contributed by atoms with Gasteiger partial charge in [0.1, 0.15) is 21.5 Å². The third-order valence-electron chi connectivity index (χ3n) is 3.07. The van der Waals surface area contributed by atoms with E-state index < -0.39 is 27.6 Å². The molecule has 1 fully saturated rings. The van der Waals surface area contributed by atoms with E-state index in [0.29, 0.717) is 6.61 Å². The molecule has 22 heavy (non-hydrogen) atoms. The Bertz CT molecular complexity index is 508. The molecular formula is C14H25NO6S. The van der Waals surface area contributed by atoms with Crippen LogP contribution in [-0.2, 0) is 24.1 Å². The van der Waals surface area contributed by atoms with Gasteiger partial charge in [-0.15, -0.1) is 0 Å². The van der Waals surface area contributed by atoms with Crippen molar-refractivity contribution in [2.45, 2.75) is 45.3 Å². The van der Waals surface area contributed by atoms with Gasteiger partial charge in [-0.05, 0) is 27.2 Å². The first kappa shape index (κ1) is 18.9. The van der Waals surface area contributed by atoms with Gasteiger partial charge in [0.05, 0.1) is 19.0 Å². The standard InChI is InChI=1S/C14H25NO6S/c1-14(2,3)21-13(17)15-7-8-20-10-11(15)12(16)6-5-9-22(4,18)19/h11H,5-10H2,1-4H3. The predicted octanol–water partition coefficient (Wildman–Crippen LogP) is 1.02. The lowest BCUT2D eigenvalue weighted by atomic mass is 10.1. The van der Waals surface area contributed by atoms with E-state index in [1.807, 2.05) is 0 Å². The van der Waals surface area contributed by atoms with Gasteiger partial charge in [0.15, 0.2) is 5.78 Å². The van der Waals surface area contributed by atoms with Crippen molar-refractivity contribution in [3.8, 4) is 0 Å². The number of morpholine rings is 1. The molecule has 7 nitrogen and oxygen atoms in total. The van der Waals surface area contributed by atoms with Crippen LogP contribution in [0.5, 0.6) is 0 Å². The molecule has 1 aliphatic rings. The van der Waals surface area contributed by atoms with Crippen LogP contribution in [0.25, 0.3) is 0 Å². The van der Waals surface area contributed by atoms with Crippen LogP contribution in [0.15, 0.2) is 0 Å². The van der Waals surface area contributed by atoms with E-state index in [0.717, 1.165) is 6.26 Å². The minimum Gasteiger partial charge on any atom is -0.444 e. The molecule has 1 amide bonds. The van der Waals surface area contributed by atoms with Gasteiger partial charge in [-0.2, -0.15) is 0 Å². The molecule has 0 aromatic rings. The summed E-state index contributed by atoms with van der Waals surface area (Å²) >= 11 is 0. The lowest BCUT2D eigenvalue weighted by Crippen LogP contribution is -2.53. The molecule has 0 saturated carbocycles. The Hall–Kier alpha value is -1.15. The second-order valence-corrected chi connectivity index (χ2v) is 8.72. The molecule has 0 aromatic heterocycles. The summed E-state index contributed by atoms with van der Waals surface area (Å²) in [6.07, 6.45) is 0.933. The third-order valence-corrected chi connectivity index (χ3v) is 4.10. The van der Waals surface area contributed by atoms with Crippen LogP contribution in [0.2, 0.25) is 0 Å². The van der Waals surface area contributed by atoms with Gasteiger partial charge in [0.2, 0.25) is 0 Å². The number of carbonyl (C=O) groups excluding carboxylic acids is 2. The fourth-order valence-electron chi connectivity index (χ4n) is 2.08. The molecule has 128 valence electrons.